The first kappa shape index (κ1) is 9.98. The van der Waals surface area contributed by atoms with Crippen LogP contribution in [0.25, 0.3) is 0 Å². The molecule has 0 amide bonds. The van der Waals surface area contributed by atoms with E-state index in [-0.39, 0.29) is 19.3 Å². The number of hydrogen-bond donors (Lipinski definition) is 3. The normalized spacial score (nSPS) is 34.1. The maximum absolute atomic E-state index is 10.6. The predicted molar refractivity (Wildman–Crippen MR) is 42.1 cm³/mol. The Hall–Kier alpha value is -1.10. The van der Waals surface area contributed by atoms with E-state index < -0.39 is 29.9 Å². The van der Waals surface area contributed by atoms with Gasteiger partial charge in [0, 0.05) is 0 Å². The van der Waals surface area contributed by atoms with E-state index >= 15 is 0 Å². The molecule has 0 aromatic heterocycles. The number of carboxylic acid groups (broad SMARTS) is 2. The van der Waals surface area contributed by atoms with Crippen molar-refractivity contribution < 1.29 is 24.9 Å². The molecule has 0 aromatic carbocycles. The van der Waals surface area contributed by atoms with Crippen LogP contribution in [0.2, 0.25) is 0 Å². The molecule has 3 atom stereocenters. The minimum Gasteiger partial charge on any atom is -0.481 e. The Bertz CT molecular complexity index is 203. The summed E-state index contributed by atoms with van der Waals surface area (Å²) in [6.45, 7) is 0. The van der Waals surface area contributed by atoms with Crippen LogP contribution in [-0.4, -0.2) is 33.4 Å². The van der Waals surface area contributed by atoms with Crippen LogP contribution in [0.4, 0.5) is 0 Å². The summed E-state index contributed by atoms with van der Waals surface area (Å²) in [5, 5.41) is 26.5. The van der Waals surface area contributed by atoms with Crippen molar-refractivity contribution in [3.63, 3.8) is 0 Å². The molecular formula is C8H12O5. The fraction of sp³-hybridized carbons (Fsp3) is 0.750. The van der Waals surface area contributed by atoms with Crippen molar-refractivity contribution in [2.45, 2.75) is 25.4 Å². The lowest BCUT2D eigenvalue weighted by atomic mass is 9.80. The molecule has 1 aliphatic carbocycles. The van der Waals surface area contributed by atoms with Gasteiger partial charge in [0.1, 0.15) is 0 Å². The molecule has 0 spiro atoms. The molecule has 3 N–H and O–H groups in total. The molecule has 1 aliphatic rings. The minimum absolute atomic E-state index is 0.127. The zero-order valence-corrected chi connectivity index (χ0v) is 7.01. The SMILES string of the molecule is O=C(O)[C@@H]1CC(O)C[C@H](C(=O)O)C1. The second-order valence-electron chi connectivity index (χ2n) is 3.43. The number of carboxylic acids is 2. The Morgan fingerprint density at radius 1 is 0.923 bits per heavy atom. The fourth-order valence-electron chi connectivity index (χ4n) is 1.69. The maximum Gasteiger partial charge on any atom is 0.306 e. The molecule has 1 unspecified atom stereocenters. The van der Waals surface area contributed by atoms with E-state index in [0.717, 1.165) is 0 Å². The monoisotopic (exact) mass is 188 g/mol. The smallest absolute Gasteiger partial charge is 0.306 e. The molecule has 1 fully saturated rings. The lowest BCUT2D eigenvalue weighted by molar-refractivity contribution is -0.150. The highest BCUT2D eigenvalue weighted by atomic mass is 16.4. The van der Waals surface area contributed by atoms with E-state index in [1.54, 1.807) is 0 Å². The zero-order chi connectivity index (χ0) is 10.0. The third-order valence-corrected chi connectivity index (χ3v) is 2.38. The summed E-state index contributed by atoms with van der Waals surface area (Å²) in [5.74, 6) is -3.48. The van der Waals surface area contributed by atoms with Crippen LogP contribution >= 0.6 is 0 Å². The van der Waals surface area contributed by atoms with Crippen LogP contribution in [0.1, 0.15) is 19.3 Å². The molecule has 1 rings (SSSR count). The van der Waals surface area contributed by atoms with Crippen LogP contribution < -0.4 is 0 Å². The number of hydrogen-bond acceptors (Lipinski definition) is 3. The van der Waals surface area contributed by atoms with Gasteiger partial charge in [0.05, 0.1) is 17.9 Å². The summed E-state index contributed by atoms with van der Waals surface area (Å²) in [4.78, 5) is 21.1. The quantitative estimate of drug-likeness (QED) is 0.564. The van der Waals surface area contributed by atoms with Crippen LogP contribution in [0, 0.1) is 11.8 Å². The molecular weight excluding hydrogens is 176 g/mol. The standard InChI is InChI=1S/C8H12O5/c9-6-2-4(7(10)11)1-5(3-6)8(12)13/h4-6,9H,1-3H2,(H,10,11)(H,12,13)/t4-,5+,6?. The summed E-state index contributed by atoms with van der Waals surface area (Å²) in [6, 6.07) is 0. The Kier molecular flexibility index (Phi) is 2.87. The largest absolute Gasteiger partial charge is 0.481 e. The highest BCUT2D eigenvalue weighted by molar-refractivity contribution is 5.74. The van der Waals surface area contributed by atoms with Gasteiger partial charge in [-0.3, -0.25) is 9.59 Å². The van der Waals surface area contributed by atoms with Gasteiger partial charge in [0.15, 0.2) is 0 Å². The van der Waals surface area contributed by atoms with Crippen molar-refractivity contribution in [3.05, 3.63) is 0 Å². The van der Waals surface area contributed by atoms with Crippen LogP contribution in [-0.2, 0) is 9.59 Å². The average molecular weight is 188 g/mol. The number of aliphatic carboxylic acids is 2. The van der Waals surface area contributed by atoms with E-state index in [1.165, 1.54) is 0 Å². The van der Waals surface area contributed by atoms with Crippen molar-refractivity contribution in [2.75, 3.05) is 0 Å². The van der Waals surface area contributed by atoms with Gasteiger partial charge in [-0.25, -0.2) is 0 Å². The van der Waals surface area contributed by atoms with Crippen molar-refractivity contribution >= 4 is 11.9 Å². The second-order valence-corrected chi connectivity index (χ2v) is 3.43. The van der Waals surface area contributed by atoms with Gasteiger partial charge in [-0.2, -0.15) is 0 Å². The van der Waals surface area contributed by atoms with E-state index in [9.17, 15) is 14.7 Å². The van der Waals surface area contributed by atoms with Crippen molar-refractivity contribution in [1.29, 1.82) is 0 Å². The van der Waals surface area contributed by atoms with Crippen LogP contribution in [0.3, 0.4) is 0 Å². The Morgan fingerprint density at radius 2 is 1.31 bits per heavy atom. The minimum atomic E-state index is -1.02. The first-order valence-corrected chi connectivity index (χ1v) is 4.14. The summed E-state index contributed by atoms with van der Waals surface area (Å²) in [6.07, 6.45) is -0.337. The van der Waals surface area contributed by atoms with E-state index in [1.807, 2.05) is 0 Å². The van der Waals surface area contributed by atoms with Gasteiger partial charge < -0.3 is 15.3 Å². The van der Waals surface area contributed by atoms with E-state index in [0.29, 0.717) is 0 Å². The zero-order valence-electron chi connectivity index (χ0n) is 7.01. The van der Waals surface area contributed by atoms with Gasteiger partial charge in [0.25, 0.3) is 0 Å². The summed E-state index contributed by atoms with van der Waals surface area (Å²) in [5.41, 5.74) is 0. The maximum atomic E-state index is 10.6. The first-order chi connectivity index (χ1) is 6.00. The second kappa shape index (κ2) is 3.74. The molecule has 0 heterocycles. The number of rotatable bonds is 2. The van der Waals surface area contributed by atoms with Crippen molar-refractivity contribution in [2.24, 2.45) is 11.8 Å². The van der Waals surface area contributed by atoms with E-state index in [2.05, 4.69) is 0 Å². The van der Waals surface area contributed by atoms with Gasteiger partial charge >= 0.3 is 11.9 Å². The highest BCUT2D eigenvalue weighted by Crippen LogP contribution is 2.29. The number of aliphatic hydroxyl groups excluding tert-OH is 1. The third kappa shape index (κ3) is 2.42. The van der Waals surface area contributed by atoms with Gasteiger partial charge in [-0.15, -0.1) is 0 Å². The molecule has 74 valence electrons. The van der Waals surface area contributed by atoms with Crippen molar-refractivity contribution in [1.82, 2.24) is 0 Å². The Labute approximate surface area is 75.0 Å². The molecule has 0 aliphatic heterocycles. The molecule has 5 heteroatoms. The average Bonchev–Trinajstić information content (AvgIpc) is 2.03. The lowest BCUT2D eigenvalue weighted by Crippen LogP contribution is -2.34. The molecule has 13 heavy (non-hydrogen) atoms. The summed E-state index contributed by atoms with van der Waals surface area (Å²) < 4.78 is 0. The molecule has 0 saturated heterocycles. The van der Waals surface area contributed by atoms with Crippen LogP contribution in [0.5, 0.6) is 0 Å². The van der Waals surface area contributed by atoms with Crippen LogP contribution in [0.15, 0.2) is 0 Å². The third-order valence-electron chi connectivity index (χ3n) is 2.38. The van der Waals surface area contributed by atoms with E-state index in [4.69, 9.17) is 10.2 Å². The molecule has 5 nitrogen and oxygen atoms in total. The Morgan fingerprint density at radius 3 is 1.62 bits per heavy atom. The van der Waals surface area contributed by atoms with Gasteiger partial charge in [-0.1, -0.05) is 0 Å². The number of aliphatic hydroxyl groups is 1. The Balaban J connectivity index is 2.62. The number of carbonyl (C=O) groups is 2. The summed E-state index contributed by atoms with van der Waals surface area (Å²) >= 11 is 0. The highest BCUT2D eigenvalue weighted by Gasteiger charge is 2.35. The molecule has 0 bridgehead atoms. The fourth-order valence-corrected chi connectivity index (χ4v) is 1.69. The van der Waals surface area contributed by atoms with Gasteiger partial charge in [0.2, 0.25) is 0 Å². The van der Waals surface area contributed by atoms with Gasteiger partial charge in [-0.05, 0) is 19.3 Å². The lowest BCUT2D eigenvalue weighted by Gasteiger charge is -2.27. The van der Waals surface area contributed by atoms with Crippen molar-refractivity contribution in [3.8, 4) is 0 Å². The topological polar surface area (TPSA) is 94.8 Å². The summed E-state index contributed by atoms with van der Waals surface area (Å²) in [7, 11) is 0. The predicted octanol–water partition coefficient (Wildman–Crippen LogP) is -0.0672. The molecule has 0 radical (unpaired) electrons. The first-order valence-electron chi connectivity index (χ1n) is 4.14. The molecule has 1 saturated carbocycles. The molecule has 0 aromatic rings.